The SMILES string of the molecule is N#Cc1cnn2c(C(=O)O)cc(-c3ccccn3)nc12. The number of carbonyl (C=O) groups is 1. The number of aromatic nitrogens is 4. The average Bonchev–Trinajstić information content (AvgIpc) is 2.89. The van der Waals surface area contributed by atoms with Gasteiger partial charge in [0, 0.05) is 6.20 Å². The molecule has 3 aromatic rings. The first-order valence-corrected chi connectivity index (χ1v) is 5.64. The summed E-state index contributed by atoms with van der Waals surface area (Å²) in [5.41, 5.74) is 1.26. The molecule has 0 unspecified atom stereocenters. The molecule has 0 saturated carbocycles. The standard InChI is InChI=1S/C13H7N5O2/c14-6-8-7-16-18-11(13(19)20)5-10(17-12(8)18)9-3-1-2-4-15-9/h1-5,7H,(H,19,20). The summed E-state index contributed by atoms with van der Waals surface area (Å²) in [5.74, 6) is -1.15. The highest BCUT2D eigenvalue weighted by atomic mass is 16.4. The Morgan fingerprint density at radius 2 is 2.20 bits per heavy atom. The molecule has 0 aromatic carbocycles. The minimum atomic E-state index is -1.15. The van der Waals surface area contributed by atoms with Crippen molar-refractivity contribution in [2.75, 3.05) is 0 Å². The topological polar surface area (TPSA) is 104 Å². The van der Waals surface area contributed by atoms with E-state index in [2.05, 4.69) is 15.1 Å². The molecule has 0 fully saturated rings. The minimum absolute atomic E-state index is 0.0721. The molecule has 7 heteroatoms. The van der Waals surface area contributed by atoms with E-state index in [1.165, 1.54) is 12.3 Å². The van der Waals surface area contributed by atoms with Gasteiger partial charge in [0.15, 0.2) is 11.3 Å². The van der Waals surface area contributed by atoms with Crippen molar-refractivity contribution >= 4 is 11.6 Å². The van der Waals surface area contributed by atoms with Crippen LogP contribution in [0.5, 0.6) is 0 Å². The maximum atomic E-state index is 11.3. The van der Waals surface area contributed by atoms with Gasteiger partial charge in [-0.15, -0.1) is 0 Å². The van der Waals surface area contributed by atoms with Gasteiger partial charge in [0.2, 0.25) is 0 Å². The number of hydrogen-bond donors (Lipinski definition) is 1. The van der Waals surface area contributed by atoms with Crippen LogP contribution >= 0.6 is 0 Å². The van der Waals surface area contributed by atoms with Gasteiger partial charge in [-0.05, 0) is 18.2 Å². The quantitative estimate of drug-likeness (QED) is 0.750. The van der Waals surface area contributed by atoms with Crippen molar-refractivity contribution in [2.45, 2.75) is 0 Å². The van der Waals surface area contributed by atoms with Crippen LogP contribution in [0, 0.1) is 11.3 Å². The number of carboxylic acid groups (broad SMARTS) is 1. The molecule has 0 spiro atoms. The second-order valence-corrected chi connectivity index (χ2v) is 3.95. The largest absolute Gasteiger partial charge is 0.477 e. The van der Waals surface area contributed by atoms with Crippen LogP contribution in [0.2, 0.25) is 0 Å². The summed E-state index contributed by atoms with van der Waals surface area (Å²) in [6, 6.07) is 8.56. The van der Waals surface area contributed by atoms with Crippen molar-refractivity contribution in [1.82, 2.24) is 19.6 Å². The number of rotatable bonds is 2. The van der Waals surface area contributed by atoms with Gasteiger partial charge in [-0.1, -0.05) is 6.07 Å². The Labute approximate surface area is 112 Å². The fraction of sp³-hybridized carbons (Fsp3) is 0. The van der Waals surface area contributed by atoms with Crippen LogP contribution in [0.3, 0.4) is 0 Å². The molecule has 0 amide bonds. The highest BCUT2D eigenvalue weighted by molar-refractivity contribution is 5.88. The molecule has 0 bridgehead atoms. The number of aromatic carboxylic acids is 1. The third-order valence-electron chi connectivity index (χ3n) is 2.74. The molecule has 0 atom stereocenters. The third-order valence-corrected chi connectivity index (χ3v) is 2.74. The summed E-state index contributed by atoms with van der Waals surface area (Å²) in [6.07, 6.45) is 2.88. The zero-order chi connectivity index (χ0) is 14.1. The fourth-order valence-corrected chi connectivity index (χ4v) is 1.84. The van der Waals surface area contributed by atoms with Crippen LogP contribution in [0.4, 0.5) is 0 Å². The smallest absolute Gasteiger partial charge is 0.354 e. The van der Waals surface area contributed by atoms with Gasteiger partial charge in [-0.25, -0.2) is 14.3 Å². The Morgan fingerprint density at radius 1 is 1.35 bits per heavy atom. The molecule has 0 aliphatic carbocycles. The Morgan fingerprint density at radius 3 is 2.85 bits per heavy atom. The maximum Gasteiger partial charge on any atom is 0.354 e. The fourth-order valence-electron chi connectivity index (χ4n) is 1.84. The second kappa shape index (κ2) is 4.44. The number of carboxylic acids is 1. The number of fused-ring (bicyclic) bond motifs is 1. The molecule has 0 saturated heterocycles. The summed E-state index contributed by atoms with van der Waals surface area (Å²) >= 11 is 0. The molecule has 3 rings (SSSR count). The van der Waals surface area contributed by atoms with E-state index in [1.54, 1.807) is 24.4 Å². The van der Waals surface area contributed by atoms with Crippen LogP contribution in [0.1, 0.15) is 16.1 Å². The summed E-state index contributed by atoms with van der Waals surface area (Å²) in [5, 5.41) is 22.1. The normalized spacial score (nSPS) is 10.3. The second-order valence-electron chi connectivity index (χ2n) is 3.95. The predicted octanol–water partition coefficient (Wildman–Crippen LogP) is 1.36. The molecule has 0 aliphatic rings. The van der Waals surface area contributed by atoms with E-state index in [0.29, 0.717) is 11.4 Å². The van der Waals surface area contributed by atoms with E-state index in [-0.39, 0.29) is 16.9 Å². The molecule has 1 N–H and O–H groups in total. The number of pyridine rings is 1. The third kappa shape index (κ3) is 1.76. The molecule has 96 valence electrons. The van der Waals surface area contributed by atoms with Gasteiger partial charge in [0.1, 0.15) is 11.6 Å². The number of nitrogens with zero attached hydrogens (tertiary/aromatic N) is 5. The molecule has 20 heavy (non-hydrogen) atoms. The molecule has 0 aliphatic heterocycles. The molecular formula is C13H7N5O2. The lowest BCUT2D eigenvalue weighted by Gasteiger charge is -2.04. The first kappa shape index (κ1) is 11.8. The Balaban J connectivity index is 2.35. The molecule has 3 aromatic heterocycles. The summed E-state index contributed by atoms with van der Waals surface area (Å²) in [7, 11) is 0. The van der Waals surface area contributed by atoms with E-state index in [0.717, 1.165) is 4.52 Å². The van der Waals surface area contributed by atoms with Crippen molar-refractivity contribution in [3.05, 3.63) is 47.9 Å². The lowest BCUT2D eigenvalue weighted by Crippen LogP contribution is -2.08. The van der Waals surface area contributed by atoms with Crippen LogP contribution in [-0.4, -0.2) is 30.7 Å². The molecular weight excluding hydrogens is 258 g/mol. The van der Waals surface area contributed by atoms with E-state index in [4.69, 9.17) is 5.26 Å². The Bertz CT molecular complexity index is 848. The van der Waals surface area contributed by atoms with Gasteiger partial charge < -0.3 is 5.11 Å². The van der Waals surface area contributed by atoms with Gasteiger partial charge in [-0.2, -0.15) is 10.4 Å². The summed E-state index contributed by atoms with van der Waals surface area (Å²) in [6.45, 7) is 0. The lowest BCUT2D eigenvalue weighted by molar-refractivity contribution is 0.0687. The Kier molecular flexibility index (Phi) is 2.62. The highest BCUT2D eigenvalue weighted by Gasteiger charge is 2.16. The maximum absolute atomic E-state index is 11.3. The van der Waals surface area contributed by atoms with Crippen LogP contribution < -0.4 is 0 Å². The van der Waals surface area contributed by atoms with Gasteiger partial charge >= 0.3 is 5.97 Å². The zero-order valence-electron chi connectivity index (χ0n) is 10.1. The van der Waals surface area contributed by atoms with Crippen molar-refractivity contribution in [3.63, 3.8) is 0 Å². The summed E-state index contributed by atoms with van der Waals surface area (Å²) < 4.78 is 1.13. The van der Waals surface area contributed by atoms with Gasteiger partial charge in [0.25, 0.3) is 0 Å². The number of nitriles is 1. The van der Waals surface area contributed by atoms with Crippen LogP contribution in [0.15, 0.2) is 36.7 Å². The van der Waals surface area contributed by atoms with Crippen molar-refractivity contribution in [1.29, 1.82) is 5.26 Å². The minimum Gasteiger partial charge on any atom is -0.477 e. The Hall–Kier alpha value is -3.27. The lowest BCUT2D eigenvalue weighted by atomic mass is 10.2. The monoisotopic (exact) mass is 265 g/mol. The van der Waals surface area contributed by atoms with E-state index >= 15 is 0 Å². The predicted molar refractivity (Wildman–Crippen MR) is 67.9 cm³/mol. The van der Waals surface area contributed by atoms with Crippen molar-refractivity contribution in [3.8, 4) is 17.5 Å². The first-order chi connectivity index (χ1) is 9.70. The molecule has 3 heterocycles. The van der Waals surface area contributed by atoms with Crippen LogP contribution in [-0.2, 0) is 0 Å². The van der Waals surface area contributed by atoms with Crippen LogP contribution in [0.25, 0.3) is 17.0 Å². The van der Waals surface area contributed by atoms with Crippen molar-refractivity contribution in [2.24, 2.45) is 0 Å². The van der Waals surface area contributed by atoms with E-state index in [9.17, 15) is 9.90 Å². The average molecular weight is 265 g/mol. The number of hydrogen-bond acceptors (Lipinski definition) is 5. The van der Waals surface area contributed by atoms with Gasteiger partial charge in [-0.3, -0.25) is 4.98 Å². The van der Waals surface area contributed by atoms with Gasteiger partial charge in [0.05, 0.1) is 17.6 Å². The van der Waals surface area contributed by atoms with E-state index < -0.39 is 5.97 Å². The first-order valence-electron chi connectivity index (χ1n) is 5.64. The molecule has 7 nitrogen and oxygen atoms in total. The van der Waals surface area contributed by atoms with Crippen molar-refractivity contribution < 1.29 is 9.90 Å². The summed E-state index contributed by atoms with van der Waals surface area (Å²) in [4.78, 5) is 19.7. The zero-order valence-corrected chi connectivity index (χ0v) is 10.1. The highest BCUT2D eigenvalue weighted by Crippen LogP contribution is 2.19. The molecule has 0 radical (unpaired) electrons. The van der Waals surface area contributed by atoms with E-state index in [1.807, 2.05) is 6.07 Å².